The molecule has 0 bridgehead atoms. The standard InChI is InChI=1S/C5H9OS/c6-4-2-1-3-5-7/h5H,1-4H2. The maximum Gasteiger partial charge on any atom is 0.0822 e. The minimum Gasteiger partial charge on any atom is -0.237 e. The minimum absolute atomic E-state index is 0.0448. The Labute approximate surface area is 49.4 Å². The Morgan fingerprint density at radius 3 is 2.57 bits per heavy atom. The van der Waals surface area contributed by atoms with Crippen LogP contribution < -0.4 is 0 Å². The van der Waals surface area contributed by atoms with Crippen molar-refractivity contribution in [2.75, 3.05) is 6.61 Å². The topological polar surface area (TPSA) is 19.9 Å². The van der Waals surface area contributed by atoms with E-state index in [4.69, 9.17) is 0 Å². The highest BCUT2D eigenvalue weighted by molar-refractivity contribution is 7.78. The van der Waals surface area contributed by atoms with Crippen LogP contribution in [-0.4, -0.2) is 12.0 Å². The Bertz CT molecular complexity index is 45.3. The van der Waals surface area contributed by atoms with Crippen molar-refractivity contribution in [3.8, 4) is 0 Å². The fourth-order valence-electron chi connectivity index (χ4n) is 0.330. The number of hydrogen-bond acceptors (Lipinski definition) is 1. The van der Waals surface area contributed by atoms with Gasteiger partial charge in [0.2, 0.25) is 0 Å². The van der Waals surface area contributed by atoms with E-state index in [1.165, 1.54) is 0 Å². The van der Waals surface area contributed by atoms with E-state index in [9.17, 15) is 5.11 Å². The van der Waals surface area contributed by atoms with Gasteiger partial charge in [-0.2, -0.15) is 0 Å². The van der Waals surface area contributed by atoms with Crippen molar-refractivity contribution in [2.24, 2.45) is 0 Å². The molecule has 0 N–H and O–H groups in total. The third-order valence-corrected chi connectivity index (χ3v) is 0.952. The van der Waals surface area contributed by atoms with Crippen LogP contribution in [0.4, 0.5) is 0 Å². The molecule has 0 rings (SSSR count). The molecule has 1 nitrogen and oxygen atoms in total. The molecule has 0 amide bonds. The summed E-state index contributed by atoms with van der Waals surface area (Å²) in [7, 11) is 0. The summed E-state index contributed by atoms with van der Waals surface area (Å²) in [5, 5.41) is 11.4. The van der Waals surface area contributed by atoms with Crippen LogP contribution in [0.1, 0.15) is 19.3 Å². The summed E-state index contributed by atoms with van der Waals surface area (Å²) in [5.41, 5.74) is 0. The molecule has 0 spiro atoms. The Balaban J connectivity index is 2.56. The zero-order valence-electron chi connectivity index (χ0n) is 4.22. The van der Waals surface area contributed by atoms with Gasteiger partial charge in [-0.05, 0) is 24.6 Å². The smallest absolute Gasteiger partial charge is 0.0822 e. The molecular formula is C5H9OS. The van der Waals surface area contributed by atoms with Gasteiger partial charge in [-0.15, -0.1) is 0 Å². The number of hydrogen-bond donors (Lipinski definition) is 0. The van der Waals surface area contributed by atoms with Crippen molar-refractivity contribution in [2.45, 2.75) is 19.3 Å². The van der Waals surface area contributed by atoms with E-state index in [1.54, 1.807) is 5.37 Å². The van der Waals surface area contributed by atoms with Gasteiger partial charge in [0.1, 0.15) is 0 Å². The Morgan fingerprint density at radius 2 is 2.14 bits per heavy atom. The van der Waals surface area contributed by atoms with Gasteiger partial charge in [0.15, 0.2) is 0 Å². The van der Waals surface area contributed by atoms with Crippen LogP contribution in [0.25, 0.3) is 0 Å². The van der Waals surface area contributed by atoms with Crippen LogP contribution in [0.5, 0.6) is 0 Å². The first-order valence-electron chi connectivity index (χ1n) is 2.43. The Morgan fingerprint density at radius 1 is 1.43 bits per heavy atom. The van der Waals surface area contributed by atoms with Crippen molar-refractivity contribution in [1.82, 2.24) is 0 Å². The molecule has 41 valence electrons. The monoisotopic (exact) mass is 117 g/mol. The SMILES string of the molecule is [O]CCCCC=S. The average molecular weight is 117 g/mol. The third kappa shape index (κ3) is 6.05. The van der Waals surface area contributed by atoms with E-state index < -0.39 is 0 Å². The first-order chi connectivity index (χ1) is 3.41. The van der Waals surface area contributed by atoms with Crippen LogP contribution in [0, 0.1) is 0 Å². The quantitative estimate of drug-likeness (QED) is 0.404. The van der Waals surface area contributed by atoms with Gasteiger partial charge in [-0.25, -0.2) is 5.11 Å². The lowest BCUT2D eigenvalue weighted by Crippen LogP contribution is -1.79. The summed E-state index contributed by atoms with van der Waals surface area (Å²) in [6.45, 7) is 0.0448. The number of rotatable bonds is 4. The van der Waals surface area contributed by atoms with Gasteiger partial charge in [0, 0.05) is 0 Å². The Hall–Kier alpha value is 0.0500. The van der Waals surface area contributed by atoms with Crippen LogP contribution in [0.2, 0.25) is 0 Å². The van der Waals surface area contributed by atoms with E-state index in [0.29, 0.717) is 0 Å². The molecule has 0 aromatic rings. The number of unbranched alkanes of at least 4 members (excludes halogenated alkanes) is 2. The van der Waals surface area contributed by atoms with Crippen LogP contribution >= 0.6 is 12.2 Å². The summed E-state index contributed by atoms with van der Waals surface area (Å²) in [6, 6.07) is 0. The Kier molecular flexibility index (Phi) is 6.09. The zero-order valence-corrected chi connectivity index (χ0v) is 5.04. The molecule has 0 aliphatic carbocycles. The van der Waals surface area contributed by atoms with Crippen molar-refractivity contribution in [3.05, 3.63) is 0 Å². The maximum atomic E-state index is 9.76. The molecule has 0 heterocycles. The summed E-state index contributed by atoms with van der Waals surface area (Å²) in [5.74, 6) is 0. The van der Waals surface area contributed by atoms with Gasteiger partial charge in [-0.1, -0.05) is 12.2 Å². The molecule has 0 fully saturated rings. The normalized spacial score (nSPS) is 8.71. The molecule has 0 unspecified atom stereocenters. The van der Waals surface area contributed by atoms with Gasteiger partial charge < -0.3 is 0 Å². The predicted octanol–water partition coefficient (Wildman–Crippen LogP) is 1.59. The summed E-state index contributed by atoms with van der Waals surface area (Å²) in [4.78, 5) is 0. The minimum atomic E-state index is 0.0448. The lowest BCUT2D eigenvalue weighted by Gasteiger charge is -1.85. The lowest BCUT2D eigenvalue weighted by molar-refractivity contribution is 0.187. The maximum absolute atomic E-state index is 9.76. The fraction of sp³-hybridized carbons (Fsp3) is 0.800. The molecule has 7 heavy (non-hydrogen) atoms. The second-order valence-electron chi connectivity index (χ2n) is 1.37. The molecule has 0 aliphatic heterocycles. The van der Waals surface area contributed by atoms with Crippen molar-refractivity contribution in [1.29, 1.82) is 0 Å². The van der Waals surface area contributed by atoms with E-state index >= 15 is 0 Å². The second-order valence-corrected chi connectivity index (χ2v) is 1.70. The van der Waals surface area contributed by atoms with E-state index in [1.807, 2.05) is 0 Å². The first kappa shape index (κ1) is 7.05. The van der Waals surface area contributed by atoms with Crippen molar-refractivity contribution >= 4 is 17.6 Å². The van der Waals surface area contributed by atoms with Crippen LogP contribution in [0.3, 0.4) is 0 Å². The predicted molar refractivity (Wildman–Crippen MR) is 33.1 cm³/mol. The largest absolute Gasteiger partial charge is 0.237 e. The lowest BCUT2D eigenvalue weighted by atomic mass is 10.3. The van der Waals surface area contributed by atoms with Crippen LogP contribution in [0.15, 0.2) is 0 Å². The molecule has 0 aromatic carbocycles. The third-order valence-electron chi connectivity index (χ3n) is 0.716. The molecule has 0 saturated heterocycles. The van der Waals surface area contributed by atoms with E-state index in [0.717, 1.165) is 19.3 Å². The number of thiocarbonyl (C=S) groups is 1. The molecular weight excluding hydrogens is 108 g/mol. The molecule has 0 aliphatic rings. The highest BCUT2D eigenvalue weighted by Gasteiger charge is 1.80. The summed E-state index contributed by atoms with van der Waals surface area (Å²) in [6.07, 6.45) is 2.65. The van der Waals surface area contributed by atoms with Crippen molar-refractivity contribution < 1.29 is 5.11 Å². The van der Waals surface area contributed by atoms with Gasteiger partial charge in [0.25, 0.3) is 0 Å². The van der Waals surface area contributed by atoms with E-state index in [-0.39, 0.29) is 6.61 Å². The van der Waals surface area contributed by atoms with Gasteiger partial charge >= 0.3 is 0 Å². The molecule has 0 saturated carbocycles. The highest BCUT2D eigenvalue weighted by Crippen LogP contribution is 1.89. The van der Waals surface area contributed by atoms with Gasteiger partial charge in [-0.3, -0.25) is 0 Å². The highest BCUT2D eigenvalue weighted by atomic mass is 32.1. The zero-order chi connectivity index (χ0) is 5.54. The second kappa shape index (κ2) is 6.05. The molecule has 0 aromatic heterocycles. The molecule has 1 radical (unpaired) electrons. The van der Waals surface area contributed by atoms with Crippen LogP contribution in [-0.2, 0) is 5.11 Å². The molecule has 0 atom stereocenters. The fourth-order valence-corrected chi connectivity index (χ4v) is 0.496. The van der Waals surface area contributed by atoms with Crippen molar-refractivity contribution in [3.63, 3.8) is 0 Å². The van der Waals surface area contributed by atoms with Gasteiger partial charge in [0.05, 0.1) is 6.61 Å². The summed E-state index contributed by atoms with van der Waals surface area (Å²) < 4.78 is 0. The molecule has 2 heteroatoms. The first-order valence-corrected chi connectivity index (χ1v) is 2.90. The van der Waals surface area contributed by atoms with E-state index in [2.05, 4.69) is 12.2 Å². The average Bonchev–Trinajstić information content (AvgIpc) is 1.69. The summed E-state index contributed by atoms with van der Waals surface area (Å²) >= 11 is 4.54.